The third-order valence-electron chi connectivity index (χ3n) is 2.85. The molecule has 3 nitrogen and oxygen atoms in total. The highest BCUT2D eigenvalue weighted by molar-refractivity contribution is 9.26. The van der Waals surface area contributed by atoms with Crippen molar-refractivity contribution in [1.82, 2.24) is 0 Å². The number of fused-ring (bicyclic) bond motifs is 1. The Labute approximate surface area is 120 Å². The summed E-state index contributed by atoms with van der Waals surface area (Å²) in [6.07, 6.45) is 2.12. The monoisotopic (exact) mass is 466 g/mol. The van der Waals surface area contributed by atoms with Crippen LogP contribution in [0.5, 0.6) is 0 Å². The van der Waals surface area contributed by atoms with Gasteiger partial charge in [0.15, 0.2) is 8.65 Å². The molecule has 1 saturated carbocycles. The molecule has 7 heteroatoms. The van der Waals surface area contributed by atoms with Gasteiger partial charge in [-0.15, -0.1) is 0 Å². The molecule has 0 aromatic carbocycles. The van der Waals surface area contributed by atoms with Crippen molar-refractivity contribution >= 4 is 75.7 Å². The zero-order chi connectivity index (χ0) is 11.5. The number of hydrogen-bond acceptors (Lipinski definition) is 3. The number of carbonyl (C=O) groups is 2. The molecule has 2 aliphatic rings. The Morgan fingerprint density at radius 2 is 1.60 bits per heavy atom. The van der Waals surface area contributed by atoms with E-state index in [4.69, 9.17) is 4.74 Å². The summed E-state index contributed by atoms with van der Waals surface area (Å²) in [7, 11) is 0. The van der Waals surface area contributed by atoms with Crippen LogP contribution in [0.1, 0.15) is 19.3 Å². The molecular weight excluding hydrogens is 464 g/mol. The van der Waals surface area contributed by atoms with E-state index in [1.54, 1.807) is 0 Å². The molecule has 2 rings (SSSR count). The first-order valence-corrected chi connectivity index (χ1v) is 7.45. The molecule has 0 aromatic heterocycles. The van der Waals surface area contributed by atoms with Crippen LogP contribution >= 0.6 is 63.7 Å². The first-order valence-electron chi connectivity index (χ1n) is 4.28. The number of cyclic esters (lactones) is 2. The molecule has 2 atom stereocenters. The van der Waals surface area contributed by atoms with Gasteiger partial charge in [-0.05, 0) is 19.3 Å². The summed E-state index contributed by atoms with van der Waals surface area (Å²) in [6, 6.07) is 0. The summed E-state index contributed by atoms with van der Waals surface area (Å²) >= 11 is 13.6. The predicted octanol–water partition coefficient (Wildman–Crippen LogP) is 3.01. The molecule has 2 unspecified atom stereocenters. The first-order chi connectivity index (χ1) is 6.76. The number of alkyl halides is 4. The number of hydrogen-bond donors (Lipinski definition) is 0. The topological polar surface area (TPSA) is 43.4 Å². The van der Waals surface area contributed by atoms with Crippen molar-refractivity contribution in [2.45, 2.75) is 31.1 Å². The lowest BCUT2D eigenvalue weighted by Crippen LogP contribution is -2.60. The Bertz CT molecular complexity index is 356. The van der Waals surface area contributed by atoms with Crippen LogP contribution in [0.4, 0.5) is 0 Å². The fourth-order valence-corrected chi connectivity index (χ4v) is 5.57. The fourth-order valence-electron chi connectivity index (χ4n) is 1.98. The molecule has 84 valence electrons. The molecular formula is C8H6Br4O3. The van der Waals surface area contributed by atoms with Gasteiger partial charge in [0.05, 0.1) is 0 Å². The number of esters is 2. The highest BCUT2D eigenvalue weighted by Crippen LogP contribution is 2.63. The van der Waals surface area contributed by atoms with Gasteiger partial charge in [0.1, 0.15) is 3.23 Å². The maximum atomic E-state index is 11.8. The zero-order valence-corrected chi connectivity index (χ0v) is 13.7. The summed E-state index contributed by atoms with van der Waals surface area (Å²) in [5.41, 5.74) is 0. The maximum absolute atomic E-state index is 11.8. The van der Waals surface area contributed by atoms with Crippen molar-refractivity contribution in [2.24, 2.45) is 0 Å². The van der Waals surface area contributed by atoms with Crippen LogP contribution in [0.25, 0.3) is 0 Å². The van der Waals surface area contributed by atoms with Gasteiger partial charge in [0.2, 0.25) is 0 Å². The minimum absolute atomic E-state index is 0.521. The minimum atomic E-state index is -1.09. The number of carbonyl (C=O) groups excluding carboxylic acids is 2. The first kappa shape index (κ1) is 12.5. The lowest BCUT2D eigenvalue weighted by atomic mass is 9.80. The minimum Gasteiger partial charge on any atom is -0.391 e. The molecule has 2 fully saturated rings. The van der Waals surface area contributed by atoms with Crippen molar-refractivity contribution in [2.75, 3.05) is 0 Å². The van der Waals surface area contributed by atoms with Gasteiger partial charge in [-0.3, -0.25) is 0 Å². The van der Waals surface area contributed by atoms with Crippen molar-refractivity contribution in [3.05, 3.63) is 0 Å². The summed E-state index contributed by atoms with van der Waals surface area (Å²) in [4.78, 5) is 23.5. The predicted molar refractivity (Wildman–Crippen MR) is 68.9 cm³/mol. The van der Waals surface area contributed by atoms with E-state index in [0.717, 1.165) is 12.8 Å². The smallest absolute Gasteiger partial charge is 0.335 e. The normalized spacial score (nSPS) is 43.7. The largest absolute Gasteiger partial charge is 0.391 e. The SMILES string of the molecule is O=C1OC(=O)C2(Br)C(Br)(Br)CCCC12Br. The highest BCUT2D eigenvalue weighted by Gasteiger charge is 2.75. The van der Waals surface area contributed by atoms with Gasteiger partial charge < -0.3 is 4.74 Å². The lowest BCUT2D eigenvalue weighted by molar-refractivity contribution is -0.153. The zero-order valence-electron chi connectivity index (χ0n) is 7.36. The molecule has 0 radical (unpaired) electrons. The van der Waals surface area contributed by atoms with Crippen LogP contribution < -0.4 is 0 Å². The van der Waals surface area contributed by atoms with E-state index in [-0.39, 0.29) is 0 Å². The Kier molecular flexibility index (Phi) is 2.94. The van der Waals surface area contributed by atoms with Crippen molar-refractivity contribution < 1.29 is 14.3 Å². The fraction of sp³-hybridized carbons (Fsp3) is 0.750. The Balaban J connectivity index is 2.60. The van der Waals surface area contributed by atoms with Crippen molar-refractivity contribution in [3.8, 4) is 0 Å². The molecule has 0 N–H and O–H groups in total. The van der Waals surface area contributed by atoms with Gasteiger partial charge >= 0.3 is 11.9 Å². The lowest BCUT2D eigenvalue weighted by Gasteiger charge is -2.44. The number of rotatable bonds is 0. The maximum Gasteiger partial charge on any atom is 0.335 e. The van der Waals surface area contributed by atoms with Crippen LogP contribution in [0, 0.1) is 0 Å². The second-order valence-corrected chi connectivity index (χ2v) is 10.0. The average Bonchev–Trinajstić information content (AvgIpc) is 2.28. The Morgan fingerprint density at radius 1 is 1.00 bits per heavy atom. The van der Waals surface area contributed by atoms with Crippen LogP contribution in [0.2, 0.25) is 0 Å². The summed E-state index contributed by atoms with van der Waals surface area (Å²) in [5.74, 6) is -1.08. The molecule has 0 spiro atoms. The Hall–Kier alpha value is 1.06. The Morgan fingerprint density at radius 3 is 2.13 bits per heavy atom. The molecule has 0 aromatic rings. The molecule has 0 bridgehead atoms. The van der Waals surface area contributed by atoms with E-state index in [9.17, 15) is 9.59 Å². The van der Waals surface area contributed by atoms with Crippen molar-refractivity contribution in [3.63, 3.8) is 0 Å². The molecule has 15 heavy (non-hydrogen) atoms. The van der Waals surface area contributed by atoms with Gasteiger partial charge in [0, 0.05) is 0 Å². The van der Waals surface area contributed by atoms with E-state index < -0.39 is 23.8 Å². The average molecular weight is 470 g/mol. The van der Waals surface area contributed by atoms with E-state index in [1.807, 2.05) is 0 Å². The highest BCUT2D eigenvalue weighted by atomic mass is 79.9. The van der Waals surface area contributed by atoms with Crippen LogP contribution in [0.3, 0.4) is 0 Å². The van der Waals surface area contributed by atoms with Gasteiger partial charge in [-0.1, -0.05) is 63.7 Å². The van der Waals surface area contributed by atoms with E-state index >= 15 is 0 Å². The van der Waals surface area contributed by atoms with Gasteiger partial charge in [-0.25, -0.2) is 9.59 Å². The van der Waals surface area contributed by atoms with E-state index in [2.05, 4.69) is 63.7 Å². The standard InChI is InChI=1S/C8H6Br4O3/c9-6-2-1-3-7(10,11)8(6,12)5(14)15-4(6)13/h1-3H2. The third-order valence-corrected chi connectivity index (χ3v) is 9.42. The van der Waals surface area contributed by atoms with Gasteiger partial charge in [0.25, 0.3) is 0 Å². The second-order valence-electron chi connectivity index (χ2n) is 3.69. The number of halogens is 4. The van der Waals surface area contributed by atoms with E-state index in [1.165, 1.54) is 0 Å². The molecule has 1 aliphatic heterocycles. The summed E-state index contributed by atoms with van der Waals surface area (Å²) in [6.45, 7) is 0. The molecule has 1 saturated heterocycles. The molecule has 0 amide bonds. The summed E-state index contributed by atoms with van der Waals surface area (Å²) < 4.78 is 1.97. The van der Waals surface area contributed by atoms with Gasteiger partial charge in [-0.2, -0.15) is 0 Å². The quantitative estimate of drug-likeness (QED) is 0.311. The third kappa shape index (κ3) is 1.39. The van der Waals surface area contributed by atoms with E-state index in [0.29, 0.717) is 6.42 Å². The van der Waals surface area contributed by atoms with Crippen LogP contribution in [0.15, 0.2) is 0 Å². The second kappa shape index (κ2) is 3.53. The number of ether oxygens (including phenoxy) is 1. The summed E-state index contributed by atoms with van der Waals surface area (Å²) in [5, 5.41) is 0. The van der Waals surface area contributed by atoms with Crippen molar-refractivity contribution in [1.29, 1.82) is 0 Å². The van der Waals surface area contributed by atoms with Crippen LogP contribution in [-0.2, 0) is 14.3 Å². The molecule has 1 aliphatic carbocycles. The van der Waals surface area contributed by atoms with Crippen LogP contribution in [-0.4, -0.2) is 23.8 Å². The molecule has 1 heterocycles.